The maximum absolute atomic E-state index is 12.7. The summed E-state index contributed by atoms with van der Waals surface area (Å²) in [4.78, 5) is 12.5. The van der Waals surface area contributed by atoms with Gasteiger partial charge in [0.15, 0.2) is 0 Å². The molecule has 0 fully saturated rings. The van der Waals surface area contributed by atoms with E-state index in [0.717, 1.165) is 10.7 Å². The predicted octanol–water partition coefficient (Wildman–Crippen LogP) is 3.69. The molecule has 2 rings (SSSR count). The number of nitrogens with one attached hydrogen (secondary N) is 1. The third-order valence-corrected chi connectivity index (χ3v) is 6.08. The molecule has 1 atom stereocenters. The minimum absolute atomic E-state index is 0.00185. The van der Waals surface area contributed by atoms with Gasteiger partial charge in [-0.25, -0.2) is 8.42 Å². The normalized spacial score (nSPS) is 12.5. The molecule has 1 amide bonds. The Balaban J connectivity index is 2.37. The van der Waals surface area contributed by atoms with Gasteiger partial charge >= 0.3 is 0 Å². The highest BCUT2D eigenvalue weighted by Gasteiger charge is 2.22. The second-order valence-corrected chi connectivity index (χ2v) is 8.11. The number of amides is 1. The molecule has 0 unspecified atom stereocenters. The Morgan fingerprint density at radius 1 is 1.20 bits per heavy atom. The van der Waals surface area contributed by atoms with Gasteiger partial charge in [-0.05, 0) is 43.7 Å². The van der Waals surface area contributed by atoms with Crippen LogP contribution in [0.4, 0.5) is 5.69 Å². The lowest BCUT2D eigenvalue weighted by Crippen LogP contribution is -2.32. The topological polar surface area (TPSA) is 66.5 Å². The molecule has 0 aromatic heterocycles. The van der Waals surface area contributed by atoms with Crippen LogP contribution in [0, 0.1) is 0 Å². The van der Waals surface area contributed by atoms with Crippen LogP contribution in [0.5, 0.6) is 0 Å². The molecule has 0 aliphatic heterocycles. The van der Waals surface area contributed by atoms with Crippen LogP contribution in [0.2, 0.25) is 5.02 Å². The molecule has 7 heteroatoms. The Morgan fingerprint density at radius 3 is 2.44 bits per heavy atom. The van der Waals surface area contributed by atoms with Gasteiger partial charge in [0.2, 0.25) is 0 Å². The Morgan fingerprint density at radius 2 is 1.84 bits per heavy atom. The van der Waals surface area contributed by atoms with Crippen molar-refractivity contribution in [1.82, 2.24) is 5.32 Å². The predicted molar refractivity (Wildman–Crippen MR) is 101 cm³/mol. The minimum atomic E-state index is -3.72. The SMILES string of the molecule is CC[C@H](C)NC(=O)c1cc(N(C)S(=O)(=O)c2ccccc2)ccc1Cl. The van der Waals surface area contributed by atoms with E-state index >= 15 is 0 Å². The molecule has 0 aliphatic rings. The smallest absolute Gasteiger partial charge is 0.264 e. The molecule has 2 aromatic rings. The summed E-state index contributed by atoms with van der Waals surface area (Å²) in [6.07, 6.45) is 0.783. The first-order valence-corrected chi connectivity index (χ1v) is 9.73. The highest BCUT2D eigenvalue weighted by atomic mass is 35.5. The van der Waals surface area contributed by atoms with Crippen molar-refractivity contribution in [2.75, 3.05) is 11.4 Å². The number of sulfonamides is 1. The van der Waals surface area contributed by atoms with Crippen molar-refractivity contribution in [2.45, 2.75) is 31.2 Å². The fourth-order valence-electron chi connectivity index (χ4n) is 2.18. The van der Waals surface area contributed by atoms with Gasteiger partial charge in [0.05, 0.1) is 21.2 Å². The van der Waals surface area contributed by atoms with Crippen LogP contribution < -0.4 is 9.62 Å². The van der Waals surface area contributed by atoms with Crippen LogP contribution in [0.25, 0.3) is 0 Å². The van der Waals surface area contributed by atoms with Crippen LogP contribution >= 0.6 is 11.6 Å². The molecule has 25 heavy (non-hydrogen) atoms. The number of halogens is 1. The number of anilines is 1. The van der Waals surface area contributed by atoms with Crippen molar-refractivity contribution in [1.29, 1.82) is 0 Å². The molecule has 0 aliphatic carbocycles. The highest BCUT2D eigenvalue weighted by molar-refractivity contribution is 7.92. The summed E-state index contributed by atoms with van der Waals surface area (Å²) in [5.41, 5.74) is 0.608. The molecule has 0 saturated heterocycles. The summed E-state index contributed by atoms with van der Waals surface area (Å²) in [6.45, 7) is 3.85. The molecule has 134 valence electrons. The second kappa shape index (κ2) is 7.89. The average molecular weight is 381 g/mol. The molecular formula is C18H21ClN2O3S. The van der Waals surface area contributed by atoms with Crippen molar-refractivity contribution >= 4 is 33.2 Å². The summed E-state index contributed by atoms with van der Waals surface area (Å²) >= 11 is 6.12. The van der Waals surface area contributed by atoms with Crippen molar-refractivity contribution in [3.63, 3.8) is 0 Å². The van der Waals surface area contributed by atoms with Gasteiger partial charge in [0.1, 0.15) is 0 Å². The van der Waals surface area contributed by atoms with Crippen molar-refractivity contribution < 1.29 is 13.2 Å². The molecule has 0 saturated carbocycles. The van der Waals surface area contributed by atoms with E-state index in [4.69, 9.17) is 11.6 Å². The van der Waals surface area contributed by atoms with Gasteiger partial charge in [-0.2, -0.15) is 0 Å². The zero-order valence-electron chi connectivity index (χ0n) is 14.4. The van der Waals surface area contributed by atoms with Crippen LogP contribution in [0.3, 0.4) is 0 Å². The number of benzene rings is 2. The fourth-order valence-corrected chi connectivity index (χ4v) is 3.59. The molecule has 0 radical (unpaired) electrons. The Bertz CT molecular complexity index is 854. The van der Waals surface area contributed by atoms with Gasteiger partial charge in [0.25, 0.3) is 15.9 Å². The van der Waals surface area contributed by atoms with E-state index in [-0.39, 0.29) is 27.4 Å². The van der Waals surface area contributed by atoms with E-state index in [1.54, 1.807) is 24.3 Å². The number of nitrogens with zero attached hydrogens (tertiary/aromatic N) is 1. The van der Waals surface area contributed by atoms with Crippen LogP contribution in [-0.4, -0.2) is 27.4 Å². The standard InChI is InChI=1S/C18H21ClN2O3S/c1-4-13(2)20-18(22)16-12-14(10-11-17(16)19)21(3)25(23,24)15-8-6-5-7-9-15/h5-13H,4H2,1-3H3,(H,20,22)/t13-/m0/s1. The lowest BCUT2D eigenvalue weighted by atomic mass is 10.1. The molecule has 0 spiro atoms. The number of carbonyl (C=O) groups is 1. The average Bonchev–Trinajstić information content (AvgIpc) is 2.62. The first-order valence-electron chi connectivity index (χ1n) is 7.91. The second-order valence-electron chi connectivity index (χ2n) is 5.73. The molecule has 5 nitrogen and oxygen atoms in total. The first kappa shape index (κ1) is 19.3. The number of hydrogen-bond donors (Lipinski definition) is 1. The van der Waals surface area contributed by atoms with Crippen molar-refractivity contribution in [3.05, 3.63) is 59.1 Å². The summed E-state index contributed by atoms with van der Waals surface area (Å²) in [6, 6.07) is 12.7. The van der Waals surface area contributed by atoms with Crippen LogP contribution in [0.1, 0.15) is 30.6 Å². The maximum Gasteiger partial charge on any atom is 0.264 e. The lowest BCUT2D eigenvalue weighted by molar-refractivity contribution is 0.0939. The monoisotopic (exact) mass is 380 g/mol. The fraction of sp³-hybridized carbons (Fsp3) is 0.278. The van der Waals surface area contributed by atoms with Crippen molar-refractivity contribution in [2.24, 2.45) is 0 Å². The quantitative estimate of drug-likeness (QED) is 0.831. The summed E-state index contributed by atoms with van der Waals surface area (Å²) in [7, 11) is -2.27. The largest absolute Gasteiger partial charge is 0.350 e. The number of carbonyl (C=O) groups excluding carboxylic acids is 1. The Hall–Kier alpha value is -2.05. The highest BCUT2D eigenvalue weighted by Crippen LogP contribution is 2.26. The number of rotatable bonds is 6. The third-order valence-electron chi connectivity index (χ3n) is 3.95. The molecule has 1 N–H and O–H groups in total. The van der Waals surface area contributed by atoms with E-state index in [1.165, 1.54) is 31.3 Å². The van der Waals surface area contributed by atoms with Gasteiger partial charge in [-0.15, -0.1) is 0 Å². The molecule has 2 aromatic carbocycles. The summed E-state index contributed by atoms with van der Waals surface area (Å²) in [5, 5.41) is 3.11. The van der Waals surface area contributed by atoms with E-state index in [0.29, 0.717) is 5.69 Å². The third kappa shape index (κ3) is 4.32. The van der Waals surface area contributed by atoms with Crippen LogP contribution in [0.15, 0.2) is 53.4 Å². The first-order chi connectivity index (χ1) is 11.8. The van der Waals surface area contributed by atoms with Gasteiger partial charge in [0, 0.05) is 13.1 Å². The van der Waals surface area contributed by atoms with E-state index in [9.17, 15) is 13.2 Å². The van der Waals surface area contributed by atoms with Crippen molar-refractivity contribution in [3.8, 4) is 0 Å². The molecular weight excluding hydrogens is 360 g/mol. The zero-order valence-corrected chi connectivity index (χ0v) is 15.9. The maximum atomic E-state index is 12.7. The molecule has 0 bridgehead atoms. The van der Waals surface area contributed by atoms with Gasteiger partial charge in [-0.3, -0.25) is 9.10 Å². The van der Waals surface area contributed by atoms with E-state index in [1.807, 2.05) is 13.8 Å². The number of hydrogen-bond acceptors (Lipinski definition) is 3. The van der Waals surface area contributed by atoms with E-state index < -0.39 is 10.0 Å². The molecule has 0 heterocycles. The Kier molecular flexibility index (Phi) is 6.08. The minimum Gasteiger partial charge on any atom is -0.350 e. The van der Waals surface area contributed by atoms with Gasteiger partial charge in [-0.1, -0.05) is 36.7 Å². The zero-order chi connectivity index (χ0) is 18.6. The summed E-state index contributed by atoms with van der Waals surface area (Å²) in [5.74, 6) is -0.327. The van der Waals surface area contributed by atoms with E-state index in [2.05, 4.69) is 5.32 Å². The van der Waals surface area contributed by atoms with Gasteiger partial charge < -0.3 is 5.32 Å². The Labute approximate surface area is 153 Å². The van der Waals surface area contributed by atoms with Crippen LogP contribution in [-0.2, 0) is 10.0 Å². The lowest BCUT2D eigenvalue weighted by Gasteiger charge is -2.21. The summed E-state index contributed by atoms with van der Waals surface area (Å²) < 4.78 is 26.6.